The van der Waals surface area contributed by atoms with Crippen LogP contribution in [-0.2, 0) is 13.1 Å². The molecule has 1 aliphatic heterocycles. The van der Waals surface area contributed by atoms with Crippen molar-refractivity contribution in [2.24, 2.45) is 0 Å². The summed E-state index contributed by atoms with van der Waals surface area (Å²) in [5.74, 6) is 0. The first-order valence-electron chi connectivity index (χ1n) is 14.8. The number of aliphatic hydroxyl groups is 2. The van der Waals surface area contributed by atoms with E-state index in [0.29, 0.717) is 26.2 Å². The Hall–Kier alpha value is -0.760. The predicted molar refractivity (Wildman–Crippen MR) is 215 cm³/mol. The van der Waals surface area contributed by atoms with Gasteiger partial charge in [0.1, 0.15) is 0 Å². The van der Waals surface area contributed by atoms with Gasteiger partial charge in [-0.1, -0.05) is 0 Å². The number of hydrogen-bond acceptors (Lipinski definition) is 4. The lowest BCUT2D eigenvalue weighted by atomic mass is 10.2. The molecule has 2 atom stereocenters. The zero-order valence-corrected chi connectivity index (χ0v) is 32.6. The van der Waals surface area contributed by atoms with Gasteiger partial charge in [0.15, 0.2) is 0 Å². The molecule has 0 saturated carbocycles. The third-order valence-corrected chi connectivity index (χ3v) is 11.5. The molecule has 0 bridgehead atoms. The number of fused-ring (bicyclic) bond motifs is 6. The van der Waals surface area contributed by atoms with E-state index in [1.807, 2.05) is 0 Å². The van der Waals surface area contributed by atoms with E-state index >= 15 is 0 Å². The van der Waals surface area contributed by atoms with Crippen LogP contribution in [0.25, 0.3) is 43.6 Å². The monoisotopic (exact) mass is 1040 g/mol. The van der Waals surface area contributed by atoms with Crippen molar-refractivity contribution in [1.82, 2.24) is 18.9 Å². The third kappa shape index (κ3) is 6.52. The predicted octanol–water partition coefficient (Wildman–Crippen LogP) is 7.36. The van der Waals surface area contributed by atoms with Gasteiger partial charge in [-0.05, 0) is 163 Å². The van der Waals surface area contributed by atoms with Crippen LogP contribution in [0.15, 0.2) is 72.8 Å². The van der Waals surface area contributed by atoms with Gasteiger partial charge < -0.3 is 19.3 Å². The SMILES string of the molecule is OC(CN1CCN(CC(O)Cn2c3ccc(I)cc3c3cc(I)ccc32)CC1)Cn1c2ccc(I)cc2c2cc(I)ccc21. The summed E-state index contributed by atoms with van der Waals surface area (Å²) in [7, 11) is 0. The lowest BCUT2D eigenvalue weighted by Crippen LogP contribution is -2.50. The fraction of sp³-hybridized carbons (Fsp3) is 0.294. The van der Waals surface area contributed by atoms with E-state index < -0.39 is 12.2 Å². The first kappa shape index (κ1) is 31.8. The molecule has 2 aromatic heterocycles. The highest BCUT2D eigenvalue weighted by atomic mass is 127. The first-order valence-corrected chi connectivity index (χ1v) is 19.1. The van der Waals surface area contributed by atoms with Gasteiger partial charge in [0.2, 0.25) is 0 Å². The minimum absolute atomic E-state index is 0.467. The fourth-order valence-electron chi connectivity index (χ4n) is 6.78. The van der Waals surface area contributed by atoms with E-state index in [9.17, 15) is 10.2 Å². The van der Waals surface area contributed by atoms with Crippen molar-refractivity contribution in [2.45, 2.75) is 25.3 Å². The Bertz CT molecular complexity index is 1730. The summed E-state index contributed by atoms with van der Waals surface area (Å²) in [6.45, 7) is 5.98. The van der Waals surface area contributed by atoms with Crippen molar-refractivity contribution >= 4 is 134 Å². The molecule has 10 heteroatoms. The average molecular weight is 1040 g/mol. The molecule has 2 unspecified atom stereocenters. The van der Waals surface area contributed by atoms with Crippen molar-refractivity contribution < 1.29 is 10.2 Å². The molecule has 4 aromatic carbocycles. The maximum Gasteiger partial charge on any atom is 0.0845 e. The van der Waals surface area contributed by atoms with Crippen molar-refractivity contribution in [2.75, 3.05) is 39.3 Å². The molecule has 2 N–H and O–H groups in total. The zero-order chi connectivity index (χ0) is 30.5. The molecule has 6 nitrogen and oxygen atoms in total. The quantitative estimate of drug-likeness (QED) is 0.157. The molecule has 44 heavy (non-hydrogen) atoms. The van der Waals surface area contributed by atoms with E-state index in [2.05, 4.69) is 182 Å². The zero-order valence-electron chi connectivity index (χ0n) is 23.9. The van der Waals surface area contributed by atoms with Gasteiger partial charge in [-0.3, -0.25) is 9.80 Å². The highest BCUT2D eigenvalue weighted by Crippen LogP contribution is 2.33. The average Bonchev–Trinajstić information content (AvgIpc) is 3.44. The molecule has 7 rings (SSSR count). The second-order valence-corrected chi connectivity index (χ2v) is 16.8. The molecule has 0 aliphatic carbocycles. The lowest BCUT2D eigenvalue weighted by Gasteiger charge is -2.36. The standard InChI is InChI=1S/C34H32I4N4O2/c35-21-1-5-31-27(13-21)28-14-22(36)2-6-32(28)41(31)19-25(43)17-39-9-11-40(12-10-39)18-26(44)20-42-33-7-3-23(37)15-29(33)30-16-24(38)4-8-34(30)42/h1-8,13-16,25-26,43-44H,9-12,17-20H2. The Morgan fingerprint density at radius 3 is 1.00 bits per heavy atom. The Balaban J connectivity index is 0.983. The van der Waals surface area contributed by atoms with E-state index in [1.165, 1.54) is 57.9 Å². The van der Waals surface area contributed by atoms with Crippen molar-refractivity contribution in [1.29, 1.82) is 0 Å². The van der Waals surface area contributed by atoms with Crippen LogP contribution in [0.5, 0.6) is 0 Å². The number of nitrogens with zero attached hydrogens (tertiary/aromatic N) is 4. The number of aromatic nitrogens is 2. The van der Waals surface area contributed by atoms with Crippen LogP contribution >= 0.6 is 90.4 Å². The van der Waals surface area contributed by atoms with Crippen molar-refractivity contribution in [3.05, 3.63) is 87.1 Å². The number of halogens is 4. The topological polar surface area (TPSA) is 56.8 Å². The minimum Gasteiger partial charge on any atom is -0.390 e. The molecule has 228 valence electrons. The summed E-state index contributed by atoms with van der Waals surface area (Å²) < 4.78 is 9.44. The van der Waals surface area contributed by atoms with Gasteiger partial charge in [-0.2, -0.15) is 0 Å². The summed E-state index contributed by atoms with van der Waals surface area (Å²) in [6.07, 6.45) is -0.933. The molecule has 0 radical (unpaired) electrons. The Morgan fingerprint density at radius 2 is 0.727 bits per heavy atom. The Morgan fingerprint density at radius 1 is 0.455 bits per heavy atom. The van der Waals surface area contributed by atoms with E-state index in [4.69, 9.17) is 0 Å². The van der Waals surface area contributed by atoms with Crippen LogP contribution in [0.2, 0.25) is 0 Å². The molecular weight excluding hydrogens is 1000 g/mol. The number of β-amino-alcohol motifs (C(OH)–C–C–N with tert-alkyl or cyclic N) is 2. The van der Waals surface area contributed by atoms with E-state index in [0.717, 1.165) is 26.2 Å². The third-order valence-electron chi connectivity index (χ3n) is 8.77. The molecule has 0 amide bonds. The van der Waals surface area contributed by atoms with Crippen molar-refractivity contribution in [3.63, 3.8) is 0 Å². The first-order chi connectivity index (χ1) is 21.2. The minimum atomic E-state index is -0.467. The molecule has 0 spiro atoms. The molecular formula is C34H32I4N4O2. The van der Waals surface area contributed by atoms with Crippen LogP contribution in [-0.4, -0.2) is 80.6 Å². The van der Waals surface area contributed by atoms with Crippen LogP contribution < -0.4 is 0 Å². The molecule has 1 aliphatic rings. The smallest absolute Gasteiger partial charge is 0.0845 e. The fourth-order valence-corrected chi connectivity index (χ4v) is 8.74. The summed E-state index contributed by atoms with van der Waals surface area (Å²) in [4.78, 5) is 4.73. The highest BCUT2D eigenvalue weighted by molar-refractivity contribution is 14.1. The number of benzene rings is 4. The van der Waals surface area contributed by atoms with Crippen LogP contribution in [0, 0.1) is 14.3 Å². The lowest BCUT2D eigenvalue weighted by molar-refractivity contribution is 0.0415. The Labute approximate surface area is 311 Å². The van der Waals surface area contributed by atoms with E-state index in [-0.39, 0.29) is 0 Å². The normalized spacial score (nSPS) is 16.5. The number of hydrogen-bond donors (Lipinski definition) is 2. The second-order valence-electron chi connectivity index (χ2n) is 11.8. The molecule has 1 saturated heterocycles. The molecule has 6 aromatic rings. The second kappa shape index (κ2) is 13.4. The van der Waals surface area contributed by atoms with Crippen LogP contribution in [0.3, 0.4) is 0 Å². The largest absolute Gasteiger partial charge is 0.390 e. The summed E-state index contributed by atoms with van der Waals surface area (Å²) in [6, 6.07) is 26.3. The number of aliphatic hydroxyl groups excluding tert-OH is 2. The van der Waals surface area contributed by atoms with Crippen LogP contribution in [0.4, 0.5) is 0 Å². The number of piperazine rings is 1. The molecule has 3 heterocycles. The number of rotatable bonds is 8. The summed E-state index contributed by atoms with van der Waals surface area (Å²) >= 11 is 9.50. The van der Waals surface area contributed by atoms with Gasteiger partial charge >= 0.3 is 0 Å². The summed E-state index contributed by atoms with van der Waals surface area (Å²) in [5.41, 5.74) is 4.70. The summed E-state index contributed by atoms with van der Waals surface area (Å²) in [5, 5.41) is 27.5. The highest BCUT2D eigenvalue weighted by Gasteiger charge is 2.23. The molecule has 1 fully saturated rings. The van der Waals surface area contributed by atoms with Crippen LogP contribution in [0.1, 0.15) is 0 Å². The van der Waals surface area contributed by atoms with Gasteiger partial charge in [-0.15, -0.1) is 0 Å². The van der Waals surface area contributed by atoms with Gasteiger partial charge in [-0.25, -0.2) is 0 Å². The maximum absolute atomic E-state index is 11.2. The maximum atomic E-state index is 11.2. The Kier molecular flexibility index (Phi) is 9.69. The van der Waals surface area contributed by atoms with Gasteiger partial charge in [0.25, 0.3) is 0 Å². The van der Waals surface area contributed by atoms with Gasteiger partial charge in [0.05, 0.1) is 25.3 Å². The van der Waals surface area contributed by atoms with E-state index in [1.54, 1.807) is 0 Å². The van der Waals surface area contributed by atoms with Gasteiger partial charge in [0, 0.05) is 97.2 Å². The van der Waals surface area contributed by atoms with Crippen molar-refractivity contribution in [3.8, 4) is 0 Å².